The van der Waals surface area contributed by atoms with E-state index >= 15 is 0 Å². The number of hydrogen-bond donors (Lipinski definition) is 2. The Bertz CT molecular complexity index is 1560. The van der Waals surface area contributed by atoms with Gasteiger partial charge in [0.1, 0.15) is 12.7 Å². The summed E-state index contributed by atoms with van der Waals surface area (Å²) in [6, 6.07) is 0. The van der Waals surface area contributed by atoms with Crippen LogP contribution in [-0.2, 0) is 42.2 Å². The van der Waals surface area contributed by atoms with Crippen molar-refractivity contribution in [1.29, 1.82) is 0 Å². The second-order valence-electron chi connectivity index (χ2n) is 19.4. The Morgan fingerprint density at radius 3 is 1.15 bits per heavy atom. The lowest BCUT2D eigenvalue weighted by molar-refractivity contribution is -0.161. The Balaban J connectivity index is 4.80. The average molecular weight is 1060 g/mol. The van der Waals surface area contributed by atoms with E-state index in [2.05, 4.69) is 99.8 Å². The molecule has 0 aliphatic rings. The van der Waals surface area contributed by atoms with Crippen molar-refractivity contribution in [2.24, 2.45) is 0 Å². The fraction of sp³-hybridized carbons (Fsp3) is 0.726. The first-order valence-corrected chi connectivity index (χ1v) is 31.0. The third kappa shape index (κ3) is 53.5. The highest BCUT2D eigenvalue weighted by Crippen LogP contribution is 2.43. The minimum absolute atomic E-state index is 0.146. The van der Waals surface area contributed by atoms with Crippen LogP contribution in [0.4, 0.5) is 0 Å². The molecule has 3 atom stereocenters. The monoisotopic (exact) mass is 1060 g/mol. The van der Waals surface area contributed by atoms with Crippen LogP contribution in [0.15, 0.2) is 85.1 Å². The third-order valence-electron chi connectivity index (χ3n) is 12.3. The van der Waals surface area contributed by atoms with E-state index in [4.69, 9.17) is 23.3 Å². The number of allylic oxidation sites excluding steroid dienone is 14. The second kappa shape index (κ2) is 55.9. The zero-order chi connectivity index (χ0) is 54.1. The van der Waals surface area contributed by atoms with Crippen LogP contribution in [0.5, 0.6) is 0 Å². The maximum atomic E-state index is 12.9. The molecule has 426 valence electrons. The molecule has 0 spiro atoms. The van der Waals surface area contributed by atoms with Crippen LogP contribution in [-0.4, -0.2) is 66.5 Å². The first kappa shape index (κ1) is 70.7. The summed E-state index contributed by atoms with van der Waals surface area (Å²) >= 11 is 0. The molecule has 0 saturated heterocycles. The molecule has 0 amide bonds. The molecule has 0 rings (SSSR count). The van der Waals surface area contributed by atoms with Crippen LogP contribution in [0.1, 0.15) is 252 Å². The Hall–Kier alpha value is -3.34. The van der Waals surface area contributed by atoms with Gasteiger partial charge in [-0.05, 0) is 89.9 Å². The number of phosphoric ester groups is 1. The molecule has 0 heterocycles. The molecule has 0 bridgehead atoms. The van der Waals surface area contributed by atoms with Gasteiger partial charge in [0, 0.05) is 19.3 Å². The summed E-state index contributed by atoms with van der Waals surface area (Å²) in [6.07, 6.45) is 64.0. The summed E-state index contributed by atoms with van der Waals surface area (Å²) in [7, 11) is -4.76. The van der Waals surface area contributed by atoms with Gasteiger partial charge in [0.15, 0.2) is 6.10 Å². The molecular weight excluding hydrogens is 952 g/mol. The Labute approximate surface area is 451 Å². The van der Waals surface area contributed by atoms with Crippen LogP contribution in [0.3, 0.4) is 0 Å². The SMILES string of the molecule is CC/C=C\C/C=C\C/C=C\C/C=C\C/C=C\CCCC(=O)OCC(COP(=O)(O)OCC(CO)OC(=O)CCCCCCCCCCCCC)OC(=O)CCCCCCCCCCC/C=C\C/C=C\CCCCC. The molecule has 3 unspecified atom stereocenters. The number of aliphatic hydroxyl groups excluding tert-OH is 1. The molecule has 0 aromatic carbocycles. The Morgan fingerprint density at radius 2 is 0.716 bits per heavy atom. The number of unbranched alkanes of at least 4 members (excludes halogenated alkanes) is 23. The van der Waals surface area contributed by atoms with Crippen LogP contribution in [0.25, 0.3) is 0 Å². The van der Waals surface area contributed by atoms with Gasteiger partial charge in [0.2, 0.25) is 0 Å². The lowest BCUT2D eigenvalue weighted by Crippen LogP contribution is -2.30. The fourth-order valence-electron chi connectivity index (χ4n) is 7.83. The van der Waals surface area contributed by atoms with Crippen molar-refractivity contribution in [2.75, 3.05) is 26.4 Å². The van der Waals surface area contributed by atoms with Gasteiger partial charge >= 0.3 is 25.7 Å². The normalized spacial score (nSPS) is 14.0. The van der Waals surface area contributed by atoms with Crippen molar-refractivity contribution < 1.29 is 52.2 Å². The number of esters is 3. The summed E-state index contributed by atoms with van der Waals surface area (Å²) < 4.78 is 39.5. The molecule has 11 nitrogen and oxygen atoms in total. The highest BCUT2D eigenvalue weighted by atomic mass is 31.2. The zero-order valence-corrected chi connectivity index (χ0v) is 47.9. The lowest BCUT2D eigenvalue weighted by Gasteiger charge is -2.21. The summed E-state index contributed by atoms with van der Waals surface area (Å²) in [4.78, 5) is 48.5. The molecule has 0 aliphatic heterocycles. The Kier molecular flexibility index (Phi) is 53.4. The number of ether oxygens (including phenoxy) is 3. The van der Waals surface area contributed by atoms with Crippen molar-refractivity contribution in [3.05, 3.63) is 85.1 Å². The van der Waals surface area contributed by atoms with E-state index in [1.165, 1.54) is 103 Å². The predicted octanol–water partition coefficient (Wildman–Crippen LogP) is 17.5. The molecule has 12 heteroatoms. The van der Waals surface area contributed by atoms with Crippen LogP contribution in [0.2, 0.25) is 0 Å². The molecule has 0 aromatic heterocycles. The van der Waals surface area contributed by atoms with E-state index in [1.54, 1.807) is 0 Å². The number of hydrogen-bond acceptors (Lipinski definition) is 10. The van der Waals surface area contributed by atoms with E-state index in [9.17, 15) is 28.9 Å². The average Bonchev–Trinajstić information content (AvgIpc) is 3.39. The molecule has 0 saturated carbocycles. The zero-order valence-electron chi connectivity index (χ0n) is 47.0. The van der Waals surface area contributed by atoms with Crippen molar-refractivity contribution in [3.63, 3.8) is 0 Å². The van der Waals surface area contributed by atoms with Gasteiger partial charge in [-0.1, -0.05) is 228 Å². The van der Waals surface area contributed by atoms with E-state index in [1.807, 2.05) is 6.08 Å². The number of carbonyl (C=O) groups excluding carboxylic acids is 3. The van der Waals surface area contributed by atoms with Gasteiger partial charge in [-0.25, -0.2) is 4.57 Å². The molecular formula is C62H107O11P. The van der Waals surface area contributed by atoms with Gasteiger partial charge in [-0.3, -0.25) is 23.4 Å². The lowest BCUT2D eigenvalue weighted by atomic mass is 10.1. The van der Waals surface area contributed by atoms with E-state index in [0.717, 1.165) is 83.5 Å². The standard InChI is InChI=1S/C62H107O11P/c1-4-7-10-13-16-19-22-24-26-28-29-31-33-35-38-41-44-47-50-53-62(66)73-59(55-69-60(64)51-48-45-42-39-37-34-32-30-27-25-23-20-17-14-11-8-5-2)57-71-74(67,68)70-56-58(54-63)72-61(65)52-49-46-43-40-36-21-18-15-12-9-6-3/h8,11,16-17,19-20,24-27,32,34,39,42,58-59,63H,4-7,9-10,12-15,18,21-23,28-31,33,35-38,40-41,43-57H2,1-3H3,(H,67,68)/b11-8-,19-16-,20-17-,26-24-,27-25-,34-32-,42-39-. The fourth-order valence-corrected chi connectivity index (χ4v) is 8.62. The van der Waals surface area contributed by atoms with Crippen LogP contribution < -0.4 is 0 Å². The summed E-state index contributed by atoms with van der Waals surface area (Å²) in [5.41, 5.74) is 0. The summed E-state index contributed by atoms with van der Waals surface area (Å²) in [5.74, 6) is -1.54. The molecule has 2 N–H and O–H groups in total. The number of aliphatic hydroxyl groups is 1. The van der Waals surface area contributed by atoms with E-state index < -0.39 is 57.8 Å². The molecule has 0 aromatic rings. The summed E-state index contributed by atoms with van der Waals surface area (Å²) in [6.45, 7) is 4.44. The highest BCUT2D eigenvalue weighted by molar-refractivity contribution is 7.47. The second-order valence-corrected chi connectivity index (χ2v) is 20.9. The van der Waals surface area contributed by atoms with Gasteiger partial charge in [-0.2, -0.15) is 0 Å². The molecule has 0 fully saturated rings. The first-order chi connectivity index (χ1) is 36.2. The van der Waals surface area contributed by atoms with Gasteiger partial charge in [-0.15, -0.1) is 0 Å². The maximum Gasteiger partial charge on any atom is 0.472 e. The quantitative estimate of drug-likeness (QED) is 0.0197. The molecule has 0 aliphatic carbocycles. The van der Waals surface area contributed by atoms with Crippen LogP contribution in [0, 0.1) is 0 Å². The maximum absolute atomic E-state index is 12.9. The molecule has 0 radical (unpaired) electrons. The van der Waals surface area contributed by atoms with Crippen LogP contribution >= 0.6 is 7.82 Å². The topological polar surface area (TPSA) is 155 Å². The number of rotatable bonds is 54. The first-order valence-electron chi connectivity index (χ1n) is 29.5. The van der Waals surface area contributed by atoms with Crippen molar-refractivity contribution in [2.45, 2.75) is 264 Å². The van der Waals surface area contributed by atoms with Gasteiger partial charge in [0.25, 0.3) is 0 Å². The third-order valence-corrected chi connectivity index (χ3v) is 13.3. The summed E-state index contributed by atoms with van der Waals surface area (Å²) in [5, 5.41) is 9.80. The smallest absolute Gasteiger partial charge is 0.462 e. The minimum atomic E-state index is -4.76. The van der Waals surface area contributed by atoms with Crippen molar-refractivity contribution in [1.82, 2.24) is 0 Å². The Morgan fingerprint density at radius 1 is 0.392 bits per heavy atom. The van der Waals surface area contributed by atoms with Gasteiger partial charge in [0.05, 0.1) is 19.8 Å². The number of phosphoric acid groups is 1. The van der Waals surface area contributed by atoms with Crippen molar-refractivity contribution >= 4 is 25.7 Å². The predicted molar refractivity (Wildman–Crippen MR) is 307 cm³/mol. The van der Waals surface area contributed by atoms with Gasteiger partial charge < -0.3 is 24.2 Å². The van der Waals surface area contributed by atoms with Crippen molar-refractivity contribution in [3.8, 4) is 0 Å². The minimum Gasteiger partial charge on any atom is -0.462 e. The molecule has 74 heavy (non-hydrogen) atoms. The highest BCUT2D eigenvalue weighted by Gasteiger charge is 2.28. The number of carbonyl (C=O) groups is 3. The van der Waals surface area contributed by atoms with E-state index in [0.29, 0.717) is 25.7 Å². The largest absolute Gasteiger partial charge is 0.472 e. The van der Waals surface area contributed by atoms with E-state index in [-0.39, 0.29) is 25.9 Å².